The van der Waals surface area contributed by atoms with E-state index in [4.69, 9.17) is 19.5 Å². The zero-order valence-electron chi connectivity index (χ0n) is 19.4. The summed E-state index contributed by atoms with van der Waals surface area (Å²) in [6, 6.07) is 16.6. The van der Waals surface area contributed by atoms with Crippen molar-refractivity contribution in [2.45, 2.75) is 53.6 Å². The number of benzene rings is 2. The van der Waals surface area contributed by atoms with E-state index in [-0.39, 0.29) is 22.9 Å². The molecule has 0 fully saturated rings. The van der Waals surface area contributed by atoms with Crippen LogP contribution in [0.5, 0.6) is 0 Å². The maximum absolute atomic E-state index is 6.00. The van der Waals surface area contributed by atoms with Crippen LogP contribution >= 0.6 is 0 Å². The summed E-state index contributed by atoms with van der Waals surface area (Å²) in [5.41, 5.74) is 3.97. The first-order valence-corrected chi connectivity index (χ1v) is 11.0. The van der Waals surface area contributed by atoms with Crippen molar-refractivity contribution in [2.24, 2.45) is 20.8 Å². The SMILES string of the molecule is CC(C)(C)C1COC(c2ccccc2Nc2ccccc2C2=NC(C(C)(C)C)CO2)=N1. The highest BCUT2D eigenvalue weighted by atomic mass is 16.5. The molecule has 1 N–H and O–H groups in total. The van der Waals surface area contributed by atoms with Crippen LogP contribution in [0.4, 0.5) is 11.4 Å². The van der Waals surface area contributed by atoms with Gasteiger partial charge in [0.15, 0.2) is 0 Å². The topological polar surface area (TPSA) is 55.2 Å². The quantitative estimate of drug-likeness (QED) is 0.680. The van der Waals surface area contributed by atoms with E-state index < -0.39 is 0 Å². The minimum absolute atomic E-state index is 0.0677. The maximum Gasteiger partial charge on any atom is 0.218 e. The molecule has 0 spiro atoms. The summed E-state index contributed by atoms with van der Waals surface area (Å²) in [5, 5.41) is 3.58. The summed E-state index contributed by atoms with van der Waals surface area (Å²) < 4.78 is 12.0. The highest BCUT2D eigenvalue weighted by Gasteiger charge is 2.33. The van der Waals surface area contributed by atoms with Crippen molar-refractivity contribution in [3.8, 4) is 0 Å². The van der Waals surface area contributed by atoms with E-state index in [1.54, 1.807) is 0 Å². The molecule has 0 bridgehead atoms. The average molecular weight is 420 g/mol. The maximum atomic E-state index is 6.00. The number of ether oxygens (including phenoxy) is 2. The fourth-order valence-corrected chi connectivity index (χ4v) is 3.63. The van der Waals surface area contributed by atoms with Crippen molar-refractivity contribution in [2.75, 3.05) is 18.5 Å². The molecule has 2 aromatic carbocycles. The normalized spacial score (nSPS) is 21.2. The molecule has 2 unspecified atom stereocenters. The molecule has 2 heterocycles. The third-order valence-corrected chi connectivity index (χ3v) is 5.89. The number of para-hydroxylation sites is 2. The lowest BCUT2D eigenvalue weighted by Gasteiger charge is -2.21. The predicted octanol–water partition coefficient (Wildman–Crippen LogP) is 5.81. The first kappa shape index (κ1) is 21.4. The van der Waals surface area contributed by atoms with Crippen molar-refractivity contribution in [3.05, 3.63) is 59.7 Å². The molecule has 0 amide bonds. The summed E-state index contributed by atoms with van der Waals surface area (Å²) in [7, 11) is 0. The van der Waals surface area contributed by atoms with Crippen LogP contribution in [-0.2, 0) is 9.47 Å². The highest BCUT2D eigenvalue weighted by molar-refractivity contribution is 6.04. The molecule has 0 saturated carbocycles. The summed E-state index contributed by atoms with van der Waals surface area (Å²) in [5.74, 6) is 1.39. The Morgan fingerprint density at radius 3 is 1.42 bits per heavy atom. The third-order valence-electron chi connectivity index (χ3n) is 5.89. The fourth-order valence-electron chi connectivity index (χ4n) is 3.63. The van der Waals surface area contributed by atoms with Gasteiger partial charge >= 0.3 is 0 Å². The van der Waals surface area contributed by atoms with Crippen molar-refractivity contribution in [1.82, 2.24) is 0 Å². The van der Waals surface area contributed by atoms with Crippen LogP contribution in [0.2, 0.25) is 0 Å². The van der Waals surface area contributed by atoms with E-state index in [0.29, 0.717) is 25.0 Å². The zero-order valence-corrected chi connectivity index (χ0v) is 19.4. The van der Waals surface area contributed by atoms with Crippen molar-refractivity contribution < 1.29 is 9.47 Å². The molecule has 0 aliphatic carbocycles. The Hall–Kier alpha value is -2.82. The van der Waals surface area contributed by atoms with Gasteiger partial charge in [-0.3, -0.25) is 0 Å². The van der Waals surface area contributed by atoms with Gasteiger partial charge in [-0.1, -0.05) is 65.8 Å². The lowest BCUT2D eigenvalue weighted by Crippen LogP contribution is -2.25. The molecule has 2 aliphatic rings. The van der Waals surface area contributed by atoms with E-state index in [2.05, 4.69) is 59.0 Å². The molecule has 2 aliphatic heterocycles. The largest absolute Gasteiger partial charge is 0.475 e. The smallest absolute Gasteiger partial charge is 0.218 e. The minimum atomic E-state index is 0.0677. The first-order chi connectivity index (χ1) is 14.6. The summed E-state index contributed by atoms with van der Waals surface area (Å²) in [6.07, 6.45) is 0. The number of hydrogen-bond donors (Lipinski definition) is 1. The van der Waals surface area contributed by atoms with Crippen LogP contribution in [0.3, 0.4) is 0 Å². The molecule has 2 atom stereocenters. The number of nitrogens with one attached hydrogen (secondary N) is 1. The van der Waals surface area contributed by atoms with Crippen LogP contribution in [0.1, 0.15) is 52.7 Å². The fraction of sp³-hybridized carbons (Fsp3) is 0.462. The van der Waals surface area contributed by atoms with Gasteiger partial charge in [-0.2, -0.15) is 0 Å². The molecule has 4 rings (SSSR count). The Bertz CT molecular complexity index is 930. The van der Waals surface area contributed by atoms with Crippen molar-refractivity contribution in [3.63, 3.8) is 0 Å². The molecule has 164 valence electrons. The van der Waals surface area contributed by atoms with Crippen LogP contribution in [-0.4, -0.2) is 37.1 Å². The Kier molecular flexibility index (Phi) is 5.54. The van der Waals surface area contributed by atoms with Gasteiger partial charge in [0.05, 0.1) is 34.6 Å². The van der Waals surface area contributed by atoms with Gasteiger partial charge in [0.2, 0.25) is 11.8 Å². The molecular formula is C26H33N3O2. The number of aliphatic imine (C=N–C) groups is 2. The van der Waals surface area contributed by atoms with Crippen LogP contribution < -0.4 is 5.32 Å². The van der Waals surface area contributed by atoms with Gasteiger partial charge in [-0.15, -0.1) is 0 Å². The molecule has 31 heavy (non-hydrogen) atoms. The van der Waals surface area contributed by atoms with Gasteiger partial charge in [-0.05, 0) is 35.1 Å². The first-order valence-electron chi connectivity index (χ1n) is 11.0. The second-order valence-electron chi connectivity index (χ2n) is 10.5. The van der Waals surface area contributed by atoms with Gasteiger partial charge in [0, 0.05) is 0 Å². The van der Waals surface area contributed by atoms with E-state index in [9.17, 15) is 0 Å². The molecule has 0 saturated heterocycles. The molecule has 0 aromatic heterocycles. The summed E-state index contributed by atoms with van der Waals surface area (Å²) in [4.78, 5) is 9.75. The number of anilines is 2. The Labute approximate surface area is 185 Å². The van der Waals surface area contributed by atoms with Gasteiger partial charge in [-0.25, -0.2) is 9.98 Å². The van der Waals surface area contributed by atoms with E-state index in [0.717, 1.165) is 22.5 Å². The molecule has 5 heteroatoms. The third kappa shape index (κ3) is 4.60. The number of nitrogens with zero attached hydrogens (tertiary/aromatic N) is 2. The number of rotatable bonds is 4. The molecule has 5 nitrogen and oxygen atoms in total. The Balaban J connectivity index is 1.64. The molecule has 2 aromatic rings. The summed E-state index contributed by atoms with van der Waals surface area (Å²) >= 11 is 0. The summed E-state index contributed by atoms with van der Waals surface area (Å²) in [6.45, 7) is 14.4. The van der Waals surface area contributed by atoms with Crippen LogP contribution in [0.15, 0.2) is 58.5 Å². The van der Waals surface area contributed by atoms with E-state index in [1.807, 2.05) is 36.4 Å². The molecular weight excluding hydrogens is 386 g/mol. The minimum Gasteiger partial charge on any atom is -0.475 e. The monoisotopic (exact) mass is 419 g/mol. The Morgan fingerprint density at radius 2 is 1.06 bits per heavy atom. The number of hydrogen-bond acceptors (Lipinski definition) is 5. The predicted molar refractivity (Wildman–Crippen MR) is 128 cm³/mol. The lowest BCUT2D eigenvalue weighted by molar-refractivity contribution is 0.235. The second-order valence-corrected chi connectivity index (χ2v) is 10.5. The Morgan fingerprint density at radius 1 is 0.677 bits per heavy atom. The van der Waals surface area contributed by atoms with Gasteiger partial charge in [0.25, 0.3) is 0 Å². The highest BCUT2D eigenvalue weighted by Crippen LogP contribution is 2.32. The van der Waals surface area contributed by atoms with E-state index >= 15 is 0 Å². The van der Waals surface area contributed by atoms with Crippen molar-refractivity contribution in [1.29, 1.82) is 0 Å². The van der Waals surface area contributed by atoms with Crippen LogP contribution in [0, 0.1) is 10.8 Å². The van der Waals surface area contributed by atoms with Gasteiger partial charge in [0.1, 0.15) is 13.2 Å². The second kappa shape index (κ2) is 8.03. The van der Waals surface area contributed by atoms with Crippen molar-refractivity contribution >= 4 is 23.2 Å². The zero-order chi connectivity index (χ0) is 22.2. The van der Waals surface area contributed by atoms with E-state index in [1.165, 1.54) is 0 Å². The van der Waals surface area contributed by atoms with Gasteiger partial charge < -0.3 is 14.8 Å². The average Bonchev–Trinajstić information content (AvgIpc) is 3.38. The standard InChI is InChI=1S/C26H33N3O2/c1-25(2,3)21-15-30-23(28-21)17-11-7-9-13-19(17)27-20-14-10-8-12-18(20)24-29-22(16-31-24)26(4,5)6/h7-14,21-22,27H,15-16H2,1-6H3. The van der Waals surface area contributed by atoms with Crippen LogP contribution in [0.25, 0.3) is 0 Å². The lowest BCUT2D eigenvalue weighted by atomic mass is 9.88. The molecule has 0 radical (unpaired) electrons.